The summed E-state index contributed by atoms with van der Waals surface area (Å²) in [4.78, 5) is 26.5. The Hall–Kier alpha value is -2.86. The first kappa shape index (κ1) is 22.8. The zero-order valence-corrected chi connectivity index (χ0v) is 18.3. The third-order valence-electron chi connectivity index (χ3n) is 4.42. The van der Waals surface area contributed by atoms with Gasteiger partial charge in [0, 0.05) is 18.8 Å². The minimum absolute atomic E-state index is 0.0594. The van der Waals surface area contributed by atoms with Crippen LogP contribution in [0.1, 0.15) is 11.1 Å². The second-order valence-corrected chi connectivity index (χ2v) is 7.77. The van der Waals surface area contributed by atoms with Gasteiger partial charge in [0.2, 0.25) is 0 Å². The van der Waals surface area contributed by atoms with E-state index in [9.17, 15) is 9.59 Å². The van der Waals surface area contributed by atoms with Crippen molar-refractivity contribution in [2.75, 3.05) is 18.5 Å². The minimum atomic E-state index is -0.476. The van der Waals surface area contributed by atoms with Gasteiger partial charge in [0.1, 0.15) is 0 Å². The summed E-state index contributed by atoms with van der Waals surface area (Å²) in [6.45, 7) is 0.841. The lowest BCUT2D eigenvalue weighted by Crippen LogP contribution is -2.32. The quantitative estimate of drug-likeness (QED) is 0.450. The number of hydrogen-bond donors (Lipinski definition) is 1. The van der Waals surface area contributed by atoms with Crippen molar-refractivity contribution in [2.45, 2.75) is 13.1 Å². The monoisotopic (exact) mass is 456 g/mol. The molecule has 0 aliphatic heterocycles. The molecule has 160 valence electrons. The van der Waals surface area contributed by atoms with Crippen molar-refractivity contribution in [3.05, 3.63) is 100 Å². The smallest absolute Gasteiger partial charge is 0.320 e. The van der Waals surface area contributed by atoms with Crippen molar-refractivity contribution in [3.8, 4) is 0 Å². The van der Waals surface area contributed by atoms with Gasteiger partial charge in [0.05, 0.1) is 16.6 Å². The Morgan fingerprint density at radius 1 is 0.806 bits per heavy atom. The van der Waals surface area contributed by atoms with Crippen molar-refractivity contribution in [1.29, 1.82) is 0 Å². The average molecular weight is 457 g/mol. The highest BCUT2D eigenvalue weighted by atomic mass is 35.5. The standard InChI is InChI=1S/C24H22Cl2N2O3/c25-21-12-11-20(13-22(21)26)27-23(29)17-31-24(30)16-28(14-18-7-3-1-4-8-18)15-19-9-5-2-6-10-19/h1-13H,14-17H2,(H,27,29). The maximum atomic E-state index is 12.4. The van der Waals surface area contributed by atoms with E-state index in [4.69, 9.17) is 27.9 Å². The molecule has 0 saturated carbocycles. The van der Waals surface area contributed by atoms with Crippen LogP contribution in [0.3, 0.4) is 0 Å². The third kappa shape index (κ3) is 7.72. The fraction of sp³-hybridized carbons (Fsp3) is 0.167. The van der Waals surface area contributed by atoms with E-state index in [0.717, 1.165) is 11.1 Å². The highest BCUT2D eigenvalue weighted by Crippen LogP contribution is 2.24. The summed E-state index contributed by atoms with van der Waals surface area (Å²) < 4.78 is 5.18. The number of ether oxygens (including phenoxy) is 1. The first-order valence-electron chi connectivity index (χ1n) is 9.70. The first-order valence-corrected chi connectivity index (χ1v) is 10.5. The highest BCUT2D eigenvalue weighted by Gasteiger charge is 2.15. The van der Waals surface area contributed by atoms with Gasteiger partial charge in [0.25, 0.3) is 5.91 Å². The number of nitrogens with one attached hydrogen (secondary N) is 1. The van der Waals surface area contributed by atoms with Crippen molar-refractivity contribution >= 4 is 40.8 Å². The van der Waals surface area contributed by atoms with E-state index in [1.54, 1.807) is 12.1 Å². The van der Waals surface area contributed by atoms with Gasteiger partial charge >= 0.3 is 5.97 Å². The zero-order valence-electron chi connectivity index (χ0n) is 16.8. The van der Waals surface area contributed by atoms with E-state index >= 15 is 0 Å². The number of hydrogen-bond acceptors (Lipinski definition) is 4. The molecule has 0 aliphatic rings. The second-order valence-electron chi connectivity index (χ2n) is 6.95. The number of rotatable bonds is 9. The van der Waals surface area contributed by atoms with Crippen molar-refractivity contribution in [1.82, 2.24) is 4.90 Å². The lowest BCUT2D eigenvalue weighted by atomic mass is 10.1. The number of nitrogens with zero attached hydrogens (tertiary/aromatic N) is 1. The molecule has 3 rings (SSSR count). The molecule has 0 heterocycles. The molecule has 1 amide bonds. The Labute approximate surface area is 191 Å². The maximum Gasteiger partial charge on any atom is 0.320 e. The largest absolute Gasteiger partial charge is 0.455 e. The molecule has 0 saturated heterocycles. The van der Waals surface area contributed by atoms with E-state index in [1.165, 1.54) is 6.07 Å². The molecule has 31 heavy (non-hydrogen) atoms. The van der Waals surface area contributed by atoms with Crippen molar-refractivity contribution in [2.24, 2.45) is 0 Å². The Balaban J connectivity index is 1.54. The van der Waals surface area contributed by atoms with Crippen LogP contribution in [0, 0.1) is 0 Å². The Bertz CT molecular complexity index is 972. The normalized spacial score (nSPS) is 10.7. The second kappa shape index (κ2) is 11.5. The van der Waals surface area contributed by atoms with Crippen LogP contribution >= 0.6 is 23.2 Å². The van der Waals surface area contributed by atoms with Gasteiger partial charge < -0.3 is 10.1 Å². The SMILES string of the molecule is O=C(COC(=O)CN(Cc1ccccc1)Cc1ccccc1)Nc1ccc(Cl)c(Cl)c1. The van der Waals surface area contributed by atoms with Crippen LogP contribution in [0.2, 0.25) is 10.0 Å². The molecule has 0 aromatic heterocycles. The van der Waals surface area contributed by atoms with Gasteiger partial charge in [-0.2, -0.15) is 0 Å². The molecule has 5 nitrogen and oxygen atoms in total. The van der Waals surface area contributed by atoms with E-state index in [-0.39, 0.29) is 13.2 Å². The summed E-state index contributed by atoms with van der Waals surface area (Å²) in [5.74, 6) is -0.930. The molecule has 0 spiro atoms. The molecule has 0 fully saturated rings. The molecule has 0 atom stereocenters. The van der Waals surface area contributed by atoms with Gasteiger partial charge in [-0.1, -0.05) is 83.9 Å². The van der Waals surface area contributed by atoms with E-state index < -0.39 is 11.9 Å². The Morgan fingerprint density at radius 2 is 1.39 bits per heavy atom. The number of esters is 1. The van der Waals surface area contributed by atoms with Crippen LogP contribution < -0.4 is 5.32 Å². The number of anilines is 1. The Kier molecular flexibility index (Phi) is 8.47. The van der Waals surface area contributed by atoms with E-state index in [2.05, 4.69) is 5.32 Å². The van der Waals surface area contributed by atoms with Gasteiger partial charge in [0.15, 0.2) is 6.61 Å². The fourth-order valence-corrected chi connectivity index (χ4v) is 3.29. The molecule has 7 heteroatoms. The minimum Gasteiger partial charge on any atom is -0.455 e. The van der Waals surface area contributed by atoms with Crippen molar-refractivity contribution in [3.63, 3.8) is 0 Å². The lowest BCUT2D eigenvalue weighted by molar-refractivity contribution is -0.148. The summed E-state index contributed by atoms with van der Waals surface area (Å²) >= 11 is 11.8. The van der Waals surface area contributed by atoms with Crippen LogP contribution in [-0.2, 0) is 27.4 Å². The van der Waals surface area contributed by atoms with Crippen LogP contribution in [0.25, 0.3) is 0 Å². The molecule has 3 aromatic rings. The van der Waals surface area contributed by atoms with E-state index in [0.29, 0.717) is 28.8 Å². The van der Waals surface area contributed by atoms with E-state index in [1.807, 2.05) is 65.6 Å². The fourth-order valence-electron chi connectivity index (χ4n) is 3.00. The molecule has 1 N–H and O–H groups in total. The molecule has 0 unspecified atom stereocenters. The van der Waals surface area contributed by atoms with Crippen LogP contribution in [0.15, 0.2) is 78.9 Å². The van der Waals surface area contributed by atoms with Crippen molar-refractivity contribution < 1.29 is 14.3 Å². The molecule has 0 radical (unpaired) electrons. The maximum absolute atomic E-state index is 12.4. The molecular weight excluding hydrogens is 435 g/mol. The Morgan fingerprint density at radius 3 is 1.94 bits per heavy atom. The number of carbonyl (C=O) groups excluding carboxylic acids is 2. The van der Waals surface area contributed by atoms with Gasteiger partial charge in [-0.05, 0) is 29.3 Å². The highest BCUT2D eigenvalue weighted by molar-refractivity contribution is 6.42. The summed E-state index contributed by atoms with van der Waals surface area (Å²) in [7, 11) is 0. The molecular formula is C24H22Cl2N2O3. The topological polar surface area (TPSA) is 58.6 Å². The molecule has 0 bridgehead atoms. The first-order chi connectivity index (χ1) is 15.0. The predicted octanol–water partition coefficient (Wildman–Crippen LogP) is 5.18. The number of benzene rings is 3. The van der Waals surface area contributed by atoms with Gasteiger partial charge in [-0.25, -0.2) is 0 Å². The van der Waals surface area contributed by atoms with Gasteiger partial charge in [-0.15, -0.1) is 0 Å². The summed E-state index contributed by atoms with van der Waals surface area (Å²) in [6, 6.07) is 24.5. The lowest BCUT2D eigenvalue weighted by Gasteiger charge is -2.21. The summed E-state index contributed by atoms with van der Waals surface area (Å²) in [5.41, 5.74) is 2.65. The summed E-state index contributed by atoms with van der Waals surface area (Å²) in [6.07, 6.45) is 0. The molecule has 3 aromatic carbocycles. The average Bonchev–Trinajstić information content (AvgIpc) is 2.76. The van der Waals surface area contributed by atoms with Gasteiger partial charge in [-0.3, -0.25) is 14.5 Å². The zero-order chi connectivity index (χ0) is 22.1. The predicted molar refractivity (Wildman–Crippen MR) is 123 cm³/mol. The molecule has 0 aliphatic carbocycles. The van der Waals surface area contributed by atoms with Crippen LogP contribution in [0.5, 0.6) is 0 Å². The summed E-state index contributed by atoms with van der Waals surface area (Å²) in [5, 5.41) is 3.34. The van der Waals surface area contributed by atoms with Crippen LogP contribution in [0.4, 0.5) is 5.69 Å². The third-order valence-corrected chi connectivity index (χ3v) is 5.16. The van der Waals surface area contributed by atoms with Crippen LogP contribution in [-0.4, -0.2) is 29.9 Å². The number of halogens is 2. The number of amides is 1. The number of carbonyl (C=O) groups is 2.